The highest BCUT2D eigenvalue weighted by Gasteiger charge is 2.17. The van der Waals surface area contributed by atoms with Crippen LogP contribution in [0.5, 0.6) is 0 Å². The molecule has 0 aliphatic heterocycles. The van der Waals surface area contributed by atoms with Crippen LogP contribution < -0.4 is 5.32 Å². The van der Waals surface area contributed by atoms with Gasteiger partial charge in [-0.3, -0.25) is 9.59 Å². The fourth-order valence-electron chi connectivity index (χ4n) is 2.10. The van der Waals surface area contributed by atoms with Crippen molar-refractivity contribution < 1.29 is 22.4 Å². The van der Waals surface area contributed by atoms with E-state index in [1.807, 2.05) is 0 Å². The molecule has 0 bridgehead atoms. The van der Waals surface area contributed by atoms with E-state index >= 15 is 0 Å². The van der Waals surface area contributed by atoms with Crippen LogP contribution in [0.3, 0.4) is 0 Å². The van der Waals surface area contributed by atoms with Gasteiger partial charge in [0.15, 0.2) is 9.84 Å². The number of rotatable bonds is 5. The van der Waals surface area contributed by atoms with Crippen LogP contribution in [0.1, 0.15) is 10.4 Å². The SMILES string of the molecule is CN(CC(=O)Nc1ccc(F)cc1)C(=O)c1cccc(S(C)(=O)=O)c1. The maximum absolute atomic E-state index is 12.8. The average Bonchev–Trinajstić information content (AvgIpc) is 2.55. The molecule has 0 atom stereocenters. The molecule has 2 amide bonds. The number of nitrogens with one attached hydrogen (secondary N) is 1. The van der Waals surface area contributed by atoms with Crippen molar-refractivity contribution in [3.05, 3.63) is 59.9 Å². The van der Waals surface area contributed by atoms with Gasteiger partial charge in [0.05, 0.1) is 11.4 Å². The Morgan fingerprint density at radius 3 is 2.36 bits per heavy atom. The molecule has 2 aromatic carbocycles. The van der Waals surface area contributed by atoms with Crippen LogP contribution in [0.25, 0.3) is 0 Å². The van der Waals surface area contributed by atoms with E-state index in [0.29, 0.717) is 5.69 Å². The molecule has 0 aliphatic rings. The lowest BCUT2D eigenvalue weighted by Crippen LogP contribution is -2.35. The standard InChI is InChI=1S/C17H17FN2O4S/c1-20(11-16(21)19-14-8-6-13(18)7-9-14)17(22)12-4-3-5-15(10-12)25(2,23)24/h3-10H,11H2,1-2H3,(H,19,21). The first-order valence-electron chi connectivity index (χ1n) is 7.28. The van der Waals surface area contributed by atoms with Crippen molar-refractivity contribution in [3.63, 3.8) is 0 Å². The number of carbonyl (C=O) groups is 2. The summed E-state index contributed by atoms with van der Waals surface area (Å²) in [5.41, 5.74) is 0.575. The molecule has 0 aliphatic carbocycles. The third-order valence-corrected chi connectivity index (χ3v) is 4.47. The van der Waals surface area contributed by atoms with Gasteiger partial charge < -0.3 is 10.2 Å². The summed E-state index contributed by atoms with van der Waals surface area (Å²) in [4.78, 5) is 25.5. The fraction of sp³-hybridized carbons (Fsp3) is 0.176. The number of hydrogen-bond acceptors (Lipinski definition) is 4. The third kappa shape index (κ3) is 5.12. The molecule has 8 heteroatoms. The lowest BCUT2D eigenvalue weighted by molar-refractivity contribution is -0.116. The number of sulfone groups is 1. The first-order chi connectivity index (χ1) is 11.7. The van der Waals surface area contributed by atoms with Gasteiger partial charge in [0, 0.05) is 24.6 Å². The van der Waals surface area contributed by atoms with Crippen molar-refractivity contribution in [3.8, 4) is 0 Å². The van der Waals surface area contributed by atoms with Gasteiger partial charge in [-0.2, -0.15) is 0 Å². The molecule has 1 N–H and O–H groups in total. The number of benzene rings is 2. The number of carbonyl (C=O) groups excluding carboxylic acids is 2. The maximum atomic E-state index is 12.8. The van der Waals surface area contributed by atoms with Crippen molar-refractivity contribution in [2.45, 2.75) is 4.90 Å². The van der Waals surface area contributed by atoms with Crippen molar-refractivity contribution in [1.82, 2.24) is 4.90 Å². The second kappa shape index (κ2) is 7.43. The van der Waals surface area contributed by atoms with Crippen LogP contribution in [0.2, 0.25) is 0 Å². The van der Waals surface area contributed by atoms with Gasteiger partial charge in [0.1, 0.15) is 5.82 Å². The highest BCUT2D eigenvalue weighted by Crippen LogP contribution is 2.13. The molecule has 0 aromatic heterocycles. The Morgan fingerprint density at radius 2 is 1.76 bits per heavy atom. The van der Waals surface area contributed by atoms with Crippen LogP contribution in [-0.4, -0.2) is 45.0 Å². The quantitative estimate of drug-likeness (QED) is 0.879. The molecule has 0 fully saturated rings. The average molecular weight is 364 g/mol. The van der Waals surface area contributed by atoms with Crippen molar-refractivity contribution in [2.75, 3.05) is 25.2 Å². The van der Waals surface area contributed by atoms with Crippen LogP contribution in [-0.2, 0) is 14.6 Å². The Balaban J connectivity index is 2.05. The zero-order valence-corrected chi connectivity index (χ0v) is 14.5. The van der Waals surface area contributed by atoms with E-state index in [4.69, 9.17) is 0 Å². The Hall–Kier alpha value is -2.74. The zero-order valence-electron chi connectivity index (χ0n) is 13.7. The Kier molecular flexibility index (Phi) is 5.53. The van der Waals surface area contributed by atoms with E-state index in [1.54, 1.807) is 0 Å². The van der Waals surface area contributed by atoms with Gasteiger partial charge in [0.25, 0.3) is 5.91 Å². The first-order valence-corrected chi connectivity index (χ1v) is 9.17. The number of hydrogen-bond donors (Lipinski definition) is 1. The summed E-state index contributed by atoms with van der Waals surface area (Å²) in [5, 5.41) is 2.55. The molecule has 0 saturated heterocycles. The Labute approximate surface area is 145 Å². The molecule has 132 valence electrons. The first kappa shape index (κ1) is 18.6. The van der Waals surface area contributed by atoms with Crippen molar-refractivity contribution in [2.24, 2.45) is 0 Å². The predicted molar refractivity (Wildman–Crippen MR) is 91.5 cm³/mol. The minimum atomic E-state index is -3.43. The molecule has 0 spiro atoms. The summed E-state index contributed by atoms with van der Waals surface area (Å²) in [5.74, 6) is -1.36. The second-order valence-electron chi connectivity index (χ2n) is 5.52. The van der Waals surface area contributed by atoms with E-state index < -0.39 is 27.5 Å². The number of amides is 2. The van der Waals surface area contributed by atoms with Crippen molar-refractivity contribution >= 4 is 27.3 Å². The van der Waals surface area contributed by atoms with E-state index in [1.165, 1.54) is 60.5 Å². The van der Waals surface area contributed by atoms with Crippen molar-refractivity contribution in [1.29, 1.82) is 0 Å². The van der Waals surface area contributed by atoms with E-state index in [9.17, 15) is 22.4 Å². The molecule has 0 radical (unpaired) electrons. The van der Waals surface area contributed by atoms with Gasteiger partial charge >= 0.3 is 0 Å². The summed E-state index contributed by atoms with van der Waals surface area (Å²) in [6.07, 6.45) is 1.05. The minimum absolute atomic E-state index is 0.0301. The fourth-order valence-corrected chi connectivity index (χ4v) is 2.77. The third-order valence-electron chi connectivity index (χ3n) is 3.36. The summed E-state index contributed by atoms with van der Waals surface area (Å²) >= 11 is 0. The number of nitrogens with zero attached hydrogens (tertiary/aromatic N) is 1. The van der Waals surface area contributed by atoms with Gasteiger partial charge in [-0.15, -0.1) is 0 Å². The summed E-state index contributed by atoms with van der Waals surface area (Å²) in [6.45, 7) is -0.237. The number of anilines is 1. The summed E-state index contributed by atoms with van der Waals surface area (Å²) < 4.78 is 36.0. The molecule has 0 saturated carbocycles. The van der Waals surface area contributed by atoms with Crippen LogP contribution >= 0.6 is 0 Å². The van der Waals surface area contributed by atoms with Crippen LogP contribution in [0.4, 0.5) is 10.1 Å². The zero-order chi connectivity index (χ0) is 18.6. The largest absolute Gasteiger partial charge is 0.332 e. The molecule has 0 heterocycles. The summed E-state index contributed by atoms with van der Waals surface area (Å²) in [6, 6.07) is 10.8. The smallest absolute Gasteiger partial charge is 0.254 e. The molecular weight excluding hydrogens is 347 g/mol. The number of halogens is 1. The van der Waals surface area contributed by atoms with Gasteiger partial charge in [0.2, 0.25) is 5.91 Å². The Bertz CT molecular complexity index is 895. The minimum Gasteiger partial charge on any atom is -0.332 e. The summed E-state index contributed by atoms with van der Waals surface area (Å²) in [7, 11) is -2.00. The predicted octanol–water partition coefficient (Wildman–Crippen LogP) is 1.94. The van der Waals surface area contributed by atoms with E-state index in [2.05, 4.69) is 5.32 Å². The lowest BCUT2D eigenvalue weighted by atomic mass is 10.2. The second-order valence-corrected chi connectivity index (χ2v) is 7.53. The highest BCUT2D eigenvalue weighted by molar-refractivity contribution is 7.90. The molecule has 6 nitrogen and oxygen atoms in total. The van der Waals surface area contributed by atoms with Crippen LogP contribution in [0.15, 0.2) is 53.4 Å². The van der Waals surface area contributed by atoms with E-state index in [-0.39, 0.29) is 17.0 Å². The topological polar surface area (TPSA) is 83.6 Å². The van der Waals surface area contributed by atoms with Gasteiger partial charge in [-0.25, -0.2) is 12.8 Å². The van der Waals surface area contributed by atoms with Gasteiger partial charge in [-0.05, 0) is 42.5 Å². The highest BCUT2D eigenvalue weighted by atomic mass is 32.2. The number of likely N-dealkylation sites (N-methyl/N-ethyl adjacent to an activating group) is 1. The van der Waals surface area contributed by atoms with Crippen LogP contribution in [0, 0.1) is 5.82 Å². The van der Waals surface area contributed by atoms with E-state index in [0.717, 1.165) is 6.26 Å². The monoisotopic (exact) mass is 364 g/mol. The lowest BCUT2D eigenvalue weighted by Gasteiger charge is -2.17. The Morgan fingerprint density at radius 1 is 1.12 bits per heavy atom. The molecular formula is C17H17FN2O4S. The normalized spacial score (nSPS) is 11.0. The molecule has 25 heavy (non-hydrogen) atoms. The molecule has 2 rings (SSSR count). The molecule has 2 aromatic rings. The van der Waals surface area contributed by atoms with Gasteiger partial charge in [-0.1, -0.05) is 6.07 Å². The molecule has 0 unspecified atom stereocenters. The maximum Gasteiger partial charge on any atom is 0.254 e.